The molecular formula is C19H23BrN4O3S. The van der Waals surface area contributed by atoms with Crippen LogP contribution in [-0.4, -0.2) is 72.5 Å². The number of aromatic nitrogens is 1. The van der Waals surface area contributed by atoms with Gasteiger partial charge in [-0.25, -0.2) is 4.98 Å². The fraction of sp³-hybridized carbons (Fsp3) is 0.421. The van der Waals surface area contributed by atoms with E-state index in [0.717, 1.165) is 23.3 Å². The Hall–Kier alpha value is -1.81. The van der Waals surface area contributed by atoms with E-state index in [1.807, 2.05) is 24.4 Å². The van der Waals surface area contributed by atoms with E-state index in [1.54, 1.807) is 17.0 Å². The molecule has 1 aliphatic heterocycles. The number of halogens is 1. The van der Waals surface area contributed by atoms with Crippen molar-refractivity contribution in [3.8, 4) is 0 Å². The zero-order chi connectivity index (χ0) is 19.9. The smallest absolute Gasteiger partial charge is 0.254 e. The summed E-state index contributed by atoms with van der Waals surface area (Å²) in [4.78, 5) is 33.6. The maximum Gasteiger partial charge on any atom is 0.254 e. The van der Waals surface area contributed by atoms with Gasteiger partial charge in [-0.1, -0.05) is 22.0 Å². The predicted molar refractivity (Wildman–Crippen MR) is 113 cm³/mol. The summed E-state index contributed by atoms with van der Waals surface area (Å²) in [5, 5.41) is 5.20. The first-order chi connectivity index (χ1) is 13.5. The van der Waals surface area contributed by atoms with Gasteiger partial charge in [0.1, 0.15) is 6.54 Å². The van der Waals surface area contributed by atoms with E-state index in [1.165, 1.54) is 11.3 Å². The molecule has 0 spiro atoms. The molecular weight excluding hydrogens is 444 g/mol. The van der Waals surface area contributed by atoms with Crippen molar-refractivity contribution in [3.63, 3.8) is 0 Å². The van der Waals surface area contributed by atoms with Crippen molar-refractivity contribution < 1.29 is 14.3 Å². The Kier molecular flexibility index (Phi) is 7.55. The number of ether oxygens (including phenoxy) is 1. The van der Waals surface area contributed by atoms with Gasteiger partial charge in [-0.3, -0.25) is 14.5 Å². The number of carbonyl (C=O) groups is 2. The molecule has 1 aliphatic rings. The molecule has 150 valence electrons. The highest BCUT2D eigenvalue weighted by atomic mass is 79.9. The van der Waals surface area contributed by atoms with Gasteiger partial charge in [0.2, 0.25) is 5.91 Å². The third-order valence-corrected chi connectivity index (χ3v) is 5.72. The lowest BCUT2D eigenvalue weighted by molar-refractivity contribution is -0.117. The fourth-order valence-corrected chi connectivity index (χ4v) is 3.99. The highest BCUT2D eigenvalue weighted by Crippen LogP contribution is 2.16. The van der Waals surface area contributed by atoms with Gasteiger partial charge in [-0.2, -0.15) is 0 Å². The van der Waals surface area contributed by atoms with E-state index < -0.39 is 0 Å². The summed E-state index contributed by atoms with van der Waals surface area (Å²) in [5.41, 5.74) is 1.41. The minimum atomic E-state index is -0.250. The molecule has 7 nitrogen and oxygen atoms in total. The first-order valence-electron chi connectivity index (χ1n) is 9.08. The fourth-order valence-electron chi connectivity index (χ4n) is 2.89. The Morgan fingerprint density at radius 1 is 1.36 bits per heavy atom. The second-order valence-corrected chi connectivity index (χ2v) is 8.31. The first kappa shape index (κ1) is 20.9. The molecule has 3 rings (SSSR count). The number of nitrogens with zero attached hydrogens (tertiary/aromatic N) is 3. The molecule has 1 fully saturated rings. The molecule has 0 unspecified atom stereocenters. The maximum atomic E-state index is 13.0. The van der Waals surface area contributed by atoms with E-state index in [0.29, 0.717) is 37.0 Å². The number of thiazole rings is 1. The Bertz CT molecular complexity index is 823. The third kappa shape index (κ3) is 6.10. The Morgan fingerprint density at radius 3 is 2.82 bits per heavy atom. The third-order valence-electron chi connectivity index (χ3n) is 4.35. The van der Waals surface area contributed by atoms with Crippen LogP contribution in [0.4, 0.5) is 5.13 Å². The van der Waals surface area contributed by atoms with Crippen molar-refractivity contribution in [2.45, 2.75) is 6.92 Å². The number of hydrogen-bond acceptors (Lipinski definition) is 6. The zero-order valence-corrected chi connectivity index (χ0v) is 18.1. The van der Waals surface area contributed by atoms with Crippen LogP contribution < -0.4 is 5.32 Å². The summed E-state index contributed by atoms with van der Waals surface area (Å²) < 4.78 is 6.20. The summed E-state index contributed by atoms with van der Waals surface area (Å²) in [5.74, 6) is -0.417. The van der Waals surface area contributed by atoms with Gasteiger partial charge in [0, 0.05) is 41.6 Å². The van der Waals surface area contributed by atoms with Crippen molar-refractivity contribution >= 4 is 44.2 Å². The van der Waals surface area contributed by atoms with Crippen LogP contribution in [0, 0.1) is 6.92 Å². The molecule has 1 aromatic carbocycles. The Labute approximate surface area is 176 Å². The van der Waals surface area contributed by atoms with Crippen molar-refractivity contribution in [3.05, 3.63) is 45.4 Å². The number of hydrogen-bond donors (Lipinski definition) is 1. The molecule has 0 aliphatic carbocycles. The second-order valence-electron chi connectivity index (χ2n) is 6.53. The summed E-state index contributed by atoms with van der Waals surface area (Å²) in [6.45, 7) is 6.09. The average molecular weight is 467 g/mol. The first-order valence-corrected chi connectivity index (χ1v) is 10.8. The molecule has 2 amide bonds. The molecule has 28 heavy (non-hydrogen) atoms. The van der Waals surface area contributed by atoms with Gasteiger partial charge in [-0.05, 0) is 25.1 Å². The standard InChI is InChI=1S/C19H23BrN4O3S/c1-14-13-28-19(21-14)22-17(25)12-24(6-5-23-7-9-27-10-8-23)18(26)15-3-2-4-16(20)11-15/h2-4,11,13H,5-10,12H2,1H3,(H,21,22,25). The monoisotopic (exact) mass is 466 g/mol. The lowest BCUT2D eigenvalue weighted by Gasteiger charge is -2.30. The molecule has 2 aromatic rings. The molecule has 1 saturated heterocycles. The van der Waals surface area contributed by atoms with Crippen LogP contribution in [0.1, 0.15) is 16.1 Å². The zero-order valence-electron chi connectivity index (χ0n) is 15.7. The number of carbonyl (C=O) groups excluding carboxylic acids is 2. The van der Waals surface area contributed by atoms with Gasteiger partial charge in [0.15, 0.2) is 5.13 Å². The summed E-state index contributed by atoms with van der Waals surface area (Å²) >= 11 is 4.77. The van der Waals surface area contributed by atoms with Gasteiger partial charge >= 0.3 is 0 Å². The van der Waals surface area contributed by atoms with Crippen LogP contribution in [0.5, 0.6) is 0 Å². The van der Waals surface area contributed by atoms with Gasteiger partial charge in [0.25, 0.3) is 5.91 Å². The van der Waals surface area contributed by atoms with Gasteiger partial charge in [0.05, 0.1) is 18.9 Å². The van der Waals surface area contributed by atoms with E-state index in [9.17, 15) is 9.59 Å². The lowest BCUT2D eigenvalue weighted by atomic mass is 10.2. The van der Waals surface area contributed by atoms with Gasteiger partial charge < -0.3 is 15.0 Å². The molecule has 1 aromatic heterocycles. The van der Waals surface area contributed by atoms with E-state index >= 15 is 0 Å². The van der Waals surface area contributed by atoms with Crippen LogP contribution in [0.2, 0.25) is 0 Å². The molecule has 0 saturated carbocycles. The van der Waals surface area contributed by atoms with Crippen LogP contribution >= 0.6 is 27.3 Å². The normalized spacial score (nSPS) is 14.6. The average Bonchev–Trinajstić information content (AvgIpc) is 3.10. The van der Waals surface area contributed by atoms with E-state index in [-0.39, 0.29) is 18.4 Å². The predicted octanol–water partition coefficient (Wildman–Crippen LogP) is 2.63. The number of anilines is 1. The van der Waals surface area contributed by atoms with Crippen LogP contribution in [0.15, 0.2) is 34.1 Å². The molecule has 0 radical (unpaired) electrons. The Balaban J connectivity index is 1.67. The molecule has 1 N–H and O–H groups in total. The Morgan fingerprint density at radius 2 is 2.14 bits per heavy atom. The number of morpholine rings is 1. The van der Waals surface area contributed by atoms with E-state index in [2.05, 4.69) is 31.1 Å². The number of amides is 2. The van der Waals surface area contributed by atoms with Crippen molar-refractivity contribution in [1.29, 1.82) is 0 Å². The minimum absolute atomic E-state index is 0.0195. The summed E-state index contributed by atoms with van der Waals surface area (Å²) in [7, 11) is 0. The topological polar surface area (TPSA) is 74.8 Å². The molecule has 9 heteroatoms. The quantitative estimate of drug-likeness (QED) is 0.678. The van der Waals surface area contributed by atoms with Crippen LogP contribution in [-0.2, 0) is 9.53 Å². The highest BCUT2D eigenvalue weighted by Gasteiger charge is 2.21. The molecule has 0 atom stereocenters. The van der Waals surface area contributed by atoms with E-state index in [4.69, 9.17) is 4.74 Å². The number of nitrogens with one attached hydrogen (secondary N) is 1. The van der Waals surface area contributed by atoms with Gasteiger partial charge in [-0.15, -0.1) is 11.3 Å². The maximum absolute atomic E-state index is 13.0. The highest BCUT2D eigenvalue weighted by molar-refractivity contribution is 9.10. The summed E-state index contributed by atoms with van der Waals surface area (Å²) in [6, 6.07) is 7.21. The largest absolute Gasteiger partial charge is 0.379 e. The number of aryl methyl sites for hydroxylation is 1. The molecule has 0 bridgehead atoms. The second kappa shape index (κ2) is 10.1. The van der Waals surface area contributed by atoms with Crippen LogP contribution in [0.3, 0.4) is 0 Å². The van der Waals surface area contributed by atoms with Crippen LogP contribution in [0.25, 0.3) is 0 Å². The SMILES string of the molecule is Cc1csc(NC(=O)CN(CCN2CCOCC2)C(=O)c2cccc(Br)c2)n1. The minimum Gasteiger partial charge on any atom is -0.379 e. The number of benzene rings is 1. The van der Waals surface area contributed by atoms with Crippen molar-refractivity contribution in [2.24, 2.45) is 0 Å². The number of rotatable bonds is 7. The summed E-state index contributed by atoms with van der Waals surface area (Å²) in [6.07, 6.45) is 0. The molecule has 2 heterocycles. The van der Waals surface area contributed by atoms with Crippen molar-refractivity contribution in [2.75, 3.05) is 51.3 Å². The van der Waals surface area contributed by atoms with Crippen molar-refractivity contribution in [1.82, 2.24) is 14.8 Å². The lowest BCUT2D eigenvalue weighted by Crippen LogP contribution is -2.45.